The molecule has 0 radical (unpaired) electrons. The smallest absolute Gasteiger partial charge is 0.177 e. The van der Waals surface area contributed by atoms with Crippen molar-refractivity contribution in [2.24, 2.45) is 16.6 Å². The molecule has 6 heteroatoms. The minimum absolute atomic E-state index is 0.306. The third kappa shape index (κ3) is 2.76. The minimum atomic E-state index is -0.306. The second-order valence-corrected chi connectivity index (χ2v) is 5.55. The Morgan fingerprint density at radius 1 is 1.14 bits per heavy atom. The molecule has 1 aliphatic rings. The Morgan fingerprint density at radius 3 is 2.76 bits per heavy atom. The number of fused-ring (bicyclic) bond motifs is 1. The fourth-order valence-electron chi connectivity index (χ4n) is 2.01. The summed E-state index contributed by atoms with van der Waals surface area (Å²) in [4.78, 5) is 4.98. The first kappa shape index (κ1) is 13.7. The molecule has 1 heterocycles. The van der Waals surface area contributed by atoms with Gasteiger partial charge in [0.2, 0.25) is 0 Å². The molecule has 106 valence electrons. The maximum absolute atomic E-state index is 13.2. The second-order valence-electron chi connectivity index (χ2n) is 4.43. The van der Waals surface area contributed by atoms with Crippen molar-refractivity contribution in [3.63, 3.8) is 0 Å². The predicted octanol–water partition coefficient (Wildman–Crippen LogP) is 2.82. The molecule has 0 saturated heterocycles. The van der Waals surface area contributed by atoms with Crippen LogP contribution in [0.15, 0.2) is 69.3 Å². The maximum Gasteiger partial charge on any atom is 0.177 e. The summed E-state index contributed by atoms with van der Waals surface area (Å²) >= 11 is 1.22. The van der Waals surface area contributed by atoms with Gasteiger partial charge < -0.3 is 5.73 Å². The minimum Gasteiger partial charge on any atom is -0.390 e. The normalized spacial score (nSPS) is 15.8. The molecule has 21 heavy (non-hydrogen) atoms. The summed E-state index contributed by atoms with van der Waals surface area (Å²) in [7, 11) is 0. The van der Waals surface area contributed by atoms with E-state index in [2.05, 4.69) is 4.99 Å². The molecule has 0 aliphatic carbocycles. The molecule has 0 spiro atoms. The third-order valence-corrected chi connectivity index (χ3v) is 3.89. The van der Waals surface area contributed by atoms with Gasteiger partial charge in [-0.15, -0.1) is 0 Å². The van der Waals surface area contributed by atoms with Gasteiger partial charge in [-0.3, -0.25) is 5.01 Å². The first-order chi connectivity index (χ1) is 10.1. The number of hydrogen-bond acceptors (Lipinski definition) is 5. The summed E-state index contributed by atoms with van der Waals surface area (Å²) in [5.41, 5.74) is 7.81. The van der Waals surface area contributed by atoms with Crippen LogP contribution in [0.5, 0.6) is 0 Å². The largest absolute Gasteiger partial charge is 0.390 e. The van der Waals surface area contributed by atoms with E-state index in [1.54, 1.807) is 18.3 Å². The molecule has 0 saturated carbocycles. The van der Waals surface area contributed by atoms with Crippen LogP contribution in [0.1, 0.15) is 5.56 Å². The van der Waals surface area contributed by atoms with Crippen molar-refractivity contribution < 1.29 is 4.39 Å². The van der Waals surface area contributed by atoms with Crippen molar-refractivity contribution >= 4 is 23.7 Å². The Hall–Kier alpha value is -2.31. The molecular formula is C15H13FN4S. The van der Waals surface area contributed by atoms with E-state index in [1.807, 2.05) is 24.3 Å². The van der Waals surface area contributed by atoms with Gasteiger partial charge in [-0.2, -0.15) is 0 Å². The van der Waals surface area contributed by atoms with Crippen molar-refractivity contribution in [2.45, 2.75) is 4.90 Å². The van der Waals surface area contributed by atoms with Gasteiger partial charge in [0.05, 0.1) is 5.69 Å². The number of aliphatic imine (C=N–C) groups is 1. The lowest BCUT2D eigenvalue weighted by atomic mass is 10.1. The lowest BCUT2D eigenvalue weighted by molar-refractivity contribution is 0.624. The van der Waals surface area contributed by atoms with E-state index in [0.29, 0.717) is 15.7 Å². The summed E-state index contributed by atoms with van der Waals surface area (Å²) in [5, 5.41) is 1.85. The molecule has 1 aliphatic heterocycles. The zero-order valence-electron chi connectivity index (χ0n) is 11.0. The fourth-order valence-corrected chi connectivity index (χ4v) is 2.82. The molecule has 2 aromatic rings. The van der Waals surface area contributed by atoms with Crippen LogP contribution in [-0.4, -0.2) is 6.21 Å². The zero-order valence-corrected chi connectivity index (χ0v) is 11.8. The van der Waals surface area contributed by atoms with Crippen LogP contribution in [0.3, 0.4) is 0 Å². The van der Waals surface area contributed by atoms with Gasteiger partial charge in [-0.1, -0.05) is 36.0 Å². The van der Waals surface area contributed by atoms with Crippen LogP contribution in [0.2, 0.25) is 0 Å². The van der Waals surface area contributed by atoms with Crippen molar-refractivity contribution in [3.05, 3.63) is 70.8 Å². The molecule has 0 amide bonds. The molecule has 0 bridgehead atoms. The second kappa shape index (κ2) is 5.59. The molecule has 2 aromatic carbocycles. The summed E-state index contributed by atoms with van der Waals surface area (Å²) in [6.07, 6.45) is 1.72. The van der Waals surface area contributed by atoms with E-state index < -0.39 is 0 Å². The summed E-state index contributed by atoms with van der Waals surface area (Å²) in [6.45, 7) is 0. The molecule has 4 nitrogen and oxygen atoms in total. The quantitative estimate of drug-likeness (QED) is 0.661. The van der Waals surface area contributed by atoms with Crippen LogP contribution in [0.4, 0.5) is 10.1 Å². The van der Waals surface area contributed by atoms with Gasteiger partial charge in [-0.05, 0) is 24.3 Å². The Labute approximate surface area is 125 Å². The van der Waals surface area contributed by atoms with Gasteiger partial charge in [0, 0.05) is 16.7 Å². The molecule has 0 aromatic heterocycles. The highest BCUT2D eigenvalue weighted by Gasteiger charge is 2.18. The van der Waals surface area contributed by atoms with E-state index in [1.165, 1.54) is 28.9 Å². The molecule has 0 atom stereocenters. The number of hydrogen-bond donors (Lipinski definition) is 2. The maximum atomic E-state index is 13.2. The number of halogens is 1. The summed E-state index contributed by atoms with van der Waals surface area (Å²) in [6, 6.07) is 13.8. The van der Waals surface area contributed by atoms with Crippen LogP contribution in [-0.2, 0) is 0 Å². The zero-order chi connectivity index (χ0) is 14.8. The van der Waals surface area contributed by atoms with E-state index >= 15 is 0 Å². The number of hydrazine groups is 1. The molecule has 3 rings (SSSR count). The molecule has 4 N–H and O–H groups in total. The van der Waals surface area contributed by atoms with Crippen molar-refractivity contribution in [1.82, 2.24) is 0 Å². The van der Waals surface area contributed by atoms with E-state index in [0.717, 1.165) is 11.3 Å². The fraction of sp³-hybridized carbons (Fsp3) is 0. The van der Waals surface area contributed by atoms with Gasteiger partial charge >= 0.3 is 0 Å². The van der Waals surface area contributed by atoms with E-state index in [9.17, 15) is 4.39 Å². The van der Waals surface area contributed by atoms with Crippen LogP contribution in [0.25, 0.3) is 0 Å². The van der Waals surface area contributed by atoms with Crippen molar-refractivity contribution in [2.75, 3.05) is 5.01 Å². The number of para-hydroxylation sites is 1. The predicted molar refractivity (Wildman–Crippen MR) is 84.2 cm³/mol. The van der Waals surface area contributed by atoms with E-state index in [4.69, 9.17) is 11.6 Å². The monoisotopic (exact) mass is 300 g/mol. The lowest BCUT2D eigenvalue weighted by Crippen LogP contribution is -2.34. The lowest BCUT2D eigenvalue weighted by Gasteiger charge is -2.25. The number of nitrogens with two attached hydrogens (primary N) is 2. The number of nitrogens with zero attached hydrogens (tertiary/aromatic N) is 2. The topological polar surface area (TPSA) is 67.6 Å². The highest BCUT2D eigenvalue weighted by atomic mass is 32.2. The first-order valence-corrected chi connectivity index (χ1v) is 7.08. The standard InChI is InChI=1S/C15H13FN4S/c16-11-5-3-6-12(8-11)21-14(17)15-19-9-10-4-1-2-7-13(10)20(15)18/h1-9H,17-18H2/b15-14+. The molecule has 0 fully saturated rings. The third-order valence-electron chi connectivity index (χ3n) is 2.99. The van der Waals surface area contributed by atoms with Crippen LogP contribution >= 0.6 is 11.8 Å². The van der Waals surface area contributed by atoms with Crippen molar-refractivity contribution in [1.29, 1.82) is 0 Å². The highest BCUT2D eigenvalue weighted by molar-refractivity contribution is 8.03. The Kier molecular flexibility index (Phi) is 3.64. The number of thioether (sulfide) groups is 1. The molecular weight excluding hydrogens is 287 g/mol. The van der Waals surface area contributed by atoms with Gasteiger partial charge in [0.1, 0.15) is 10.8 Å². The Morgan fingerprint density at radius 2 is 1.95 bits per heavy atom. The van der Waals surface area contributed by atoms with E-state index in [-0.39, 0.29) is 5.82 Å². The average Bonchev–Trinajstić information content (AvgIpc) is 2.48. The first-order valence-electron chi connectivity index (χ1n) is 6.26. The average molecular weight is 300 g/mol. The van der Waals surface area contributed by atoms with Crippen LogP contribution in [0, 0.1) is 5.82 Å². The number of rotatable bonds is 2. The SMILES string of the molecule is N/C(Sc1cccc(F)c1)=C1/N=Cc2ccccc2N1N. The van der Waals surface area contributed by atoms with Crippen molar-refractivity contribution in [3.8, 4) is 0 Å². The highest BCUT2D eigenvalue weighted by Crippen LogP contribution is 2.31. The number of benzene rings is 2. The van der Waals surface area contributed by atoms with Crippen LogP contribution < -0.4 is 16.6 Å². The molecule has 0 unspecified atom stereocenters. The van der Waals surface area contributed by atoms with Gasteiger partial charge in [-0.25, -0.2) is 15.2 Å². The summed E-state index contributed by atoms with van der Waals surface area (Å²) in [5.74, 6) is 6.21. The van der Waals surface area contributed by atoms with Gasteiger partial charge in [0.15, 0.2) is 5.82 Å². The Balaban J connectivity index is 1.93. The number of anilines is 1. The Bertz CT molecular complexity index is 742. The summed E-state index contributed by atoms with van der Waals surface area (Å²) < 4.78 is 13.2. The van der Waals surface area contributed by atoms with Gasteiger partial charge in [0.25, 0.3) is 0 Å².